The van der Waals surface area contributed by atoms with Crippen LogP contribution in [0.3, 0.4) is 0 Å². The second-order valence-electron chi connectivity index (χ2n) is 4.66. The van der Waals surface area contributed by atoms with E-state index < -0.39 is 6.04 Å². The van der Waals surface area contributed by atoms with Gasteiger partial charge in [0, 0.05) is 30.6 Å². The minimum absolute atomic E-state index is 0.253. The lowest BCUT2D eigenvalue weighted by molar-refractivity contribution is -0.134. The van der Waals surface area contributed by atoms with Crippen LogP contribution in [-0.4, -0.2) is 27.9 Å². The minimum Gasteiger partial charge on any atom is -0.411 e. The van der Waals surface area contributed by atoms with Crippen LogP contribution < -0.4 is 0 Å². The molecule has 0 spiro atoms. The fourth-order valence-corrected chi connectivity index (χ4v) is 3.20. The van der Waals surface area contributed by atoms with Crippen LogP contribution in [0, 0.1) is 0 Å². The van der Waals surface area contributed by atoms with Crippen LogP contribution in [0.1, 0.15) is 26.2 Å². The highest BCUT2D eigenvalue weighted by Crippen LogP contribution is 2.36. The smallest absolute Gasteiger partial charge is 0.337 e. The Morgan fingerprint density at radius 2 is 2.30 bits per heavy atom. The topological polar surface area (TPSA) is 67.3 Å². The molecule has 6 heteroatoms. The fourth-order valence-electron chi connectivity index (χ4n) is 2.25. The van der Waals surface area contributed by atoms with Crippen molar-refractivity contribution in [1.82, 2.24) is 9.97 Å². The molecule has 1 aromatic heterocycles. The molecule has 1 aromatic rings. The summed E-state index contributed by atoms with van der Waals surface area (Å²) in [4.78, 5) is 24.4. The molecule has 2 heterocycles. The Morgan fingerprint density at radius 3 is 3.00 bits per heavy atom. The van der Waals surface area contributed by atoms with Crippen LogP contribution in [0.25, 0.3) is 0 Å². The number of imidazole rings is 1. The van der Waals surface area contributed by atoms with E-state index in [-0.39, 0.29) is 5.97 Å². The van der Waals surface area contributed by atoms with E-state index in [4.69, 9.17) is 4.74 Å². The van der Waals surface area contributed by atoms with Crippen LogP contribution in [-0.2, 0) is 9.53 Å². The molecule has 0 aromatic carbocycles. The van der Waals surface area contributed by atoms with Gasteiger partial charge in [-0.05, 0) is 18.4 Å². The number of hydrogen-bond donors (Lipinski definition) is 1. The number of nitrogens with zero attached hydrogens (tertiary/aromatic N) is 2. The lowest BCUT2D eigenvalue weighted by atomic mass is 10.0. The molecule has 0 bridgehead atoms. The molecule has 0 saturated heterocycles. The first kappa shape index (κ1) is 13.2. The van der Waals surface area contributed by atoms with E-state index in [9.17, 15) is 4.79 Å². The maximum Gasteiger partial charge on any atom is 0.337 e. The number of nitrogens with one attached hydrogen (secondary N) is 1. The molecule has 20 heavy (non-hydrogen) atoms. The SMILES string of the molecule is CC1=NC(CC2=CCCC=C2Sc2ncc[nH]2)C(=O)O1. The number of ether oxygens (including phenoxy) is 1. The summed E-state index contributed by atoms with van der Waals surface area (Å²) in [5.41, 5.74) is 1.15. The monoisotopic (exact) mass is 289 g/mol. The van der Waals surface area contributed by atoms with Crippen LogP contribution in [0.5, 0.6) is 0 Å². The van der Waals surface area contributed by atoms with E-state index in [2.05, 4.69) is 27.1 Å². The van der Waals surface area contributed by atoms with Crippen molar-refractivity contribution in [1.29, 1.82) is 0 Å². The van der Waals surface area contributed by atoms with Crippen LogP contribution >= 0.6 is 11.8 Å². The van der Waals surface area contributed by atoms with Gasteiger partial charge < -0.3 is 9.72 Å². The number of aromatic amines is 1. The normalized spacial score (nSPS) is 22.1. The molecular formula is C14H15N3O2S. The van der Waals surface area contributed by atoms with Gasteiger partial charge in [-0.1, -0.05) is 23.9 Å². The lowest BCUT2D eigenvalue weighted by Gasteiger charge is -2.15. The first-order chi connectivity index (χ1) is 9.72. The standard InChI is InChI=1S/C14H15N3O2S/c1-9-17-11(13(18)19-9)8-10-4-2-3-5-12(10)20-14-15-6-7-16-14/h4-7,11H,2-3,8H2,1H3,(H,15,16). The maximum atomic E-state index is 11.7. The summed E-state index contributed by atoms with van der Waals surface area (Å²) in [7, 11) is 0. The molecule has 0 amide bonds. The van der Waals surface area contributed by atoms with E-state index >= 15 is 0 Å². The van der Waals surface area contributed by atoms with E-state index in [1.54, 1.807) is 31.1 Å². The summed E-state index contributed by atoms with van der Waals surface area (Å²) < 4.78 is 5.00. The van der Waals surface area contributed by atoms with Gasteiger partial charge in [-0.2, -0.15) is 0 Å². The van der Waals surface area contributed by atoms with Gasteiger partial charge in [-0.3, -0.25) is 0 Å². The average molecular weight is 289 g/mol. The van der Waals surface area contributed by atoms with Gasteiger partial charge in [0.05, 0.1) is 0 Å². The molecule has 1 aliphatic carbocycles. The van der Waals surface area contributed by atoms with Crippen molar-refractivity contribution in [3.63, 3.8) is 0 Å². The van der Waals surface area contributed by atoms with Gasteiger partial charge in [-0.15, -0.1) is 0 Å². The number of cyclic esters (lactones) is 1. The third kappa shape index (κ3) is 2.85. The Bertz CT molecular complexity index is 602. The molecule has 3 rings (SSSR count). The van der Waals surface area contributed by atoms with E-state index in [1.165, 1.54) is 0 Å². The molecule has 0 fully saturated rings. The van der Waals surface area contributed by atoms with Gasteiger partial charge in [-0.25, -0.2) is 14.8 Å². The maximum absolute atomic E-state index is 11.7. The van der Waals surface area contributed by atoms with E-state index in [0.29, 0.717) is 12.3 Å². The van der Waals surface area contributed by atoms with Gasteiger partial charge in [0.1, 0.15) is 0 Å². The molecule has 104 valence electrons. The molecule has 0 radical (unpaired) electrons. The average Bonchev–Trinajstić information content (AvgIpc) is 3.02. The Balaban J connectivity index is 1.72. The molecular weight excluding hydrogens is 274 g/mol. The molecule has 1 aliphatic heterocycles. The second-order valence-corrected chi connectivity index (χ2v) is 5.69. The van der Waals surface area contributed by atoms with Gasteiger partial charge in [0.2, 0.25) is 0 Å². The summed E-state index contributed by atoms with van der Waals surface area (Å²) in [5, 5.41) is 0.859. The fraction of sp³-hybridized carbons (Fsp3) is 0.357. The third-order valence-electron chi connectivity index (χ3n) is 3.15. The highest BCUT2D eigenvalue weighted by atomic mass is 32.2. The highest BCUT2D eigenvalue weighted by Gasteiger charge is 2.29. The first-order valence-electron chi connectivity index (χ1n) is 6.55. The van der Waals surface area contributed by atoms with Crippen molar-refractivity contribution < 1.29 is 9.53 Å². The lowest BCUT2D eigenvalue weighted by Crippen LogP contribution is -2.16. The zero-order valence-corrected chi connectivity index (χ0v) is 11.9. The number of H-pyrrole nitrogens is 1. The number of aromatic nitrogens is 2. The summed E-state index contributed by atoms with van der Waals surface area (Å²) in [6, 6.07) is -0.403. The minimum atomic E-state index is -0.403. The molecule has 2 aliphatic rings. The number of thioether (sulfide) groups is 1. The van der Waals surface area contributed by atoms with Crippen molar-refractivity contribution in [2.24, 2.45) is 4.99 Å². The zero-order chi connectivity index (χ0) is 13.9. The van der Waals surface area contributed by atoms with Crippen molar-refractivity contribution in [2.75, 3.05) is 0 Å². The number of carbonyl (C=O) groups excluding carboxylic acids is 1. The molecule has 0 saturated carbocycles. The van der Waals surface area contributed by atoms with Crippen molar-refractivity contribution >= 4 is 23.6 Å². The van der Waals surface area contributed by atoms with Crippen molar-refractivity contribution in [3.05, 3.63) is 35.0 Å². The second kappa shape index (κ2) is 5.66. The van der Waals surface area contributed by atoms with Crippen LogP contribution in [0.4, 0.5) is 0 Å². The van der Waals surface area contributed by atoms with Crippen LogP contribution in [0.2, 0.25) is 0 Å². The third-order valence-corrected chi connectivity index (χ3v) is 4.22. The zero-order valence-electron chi connectivity index (χ0n) is 11.1. The Kier molecular flexibility index (Phi) is 3.73. The number of carbonyl (C=O) groups is 1. The largest absolute Gasteiger partial charge is 0.411 e. The van der Waals surface area contributed by atoms with Crippen LogP contribution in [0.15, 0.2) is 45.2 Å². The molecule has 1 unspecified atom stereocenters. The highest BCUT2D eigenvalue weighted by molar-refractivity contribution is 8.03. The first-order valence-corrected chi connectivity index (χ1v) is 7.37. The summed E-state index contributed by atoms with van der Waals surface area (Å²) in [6.07, 6.45) is 10.5. The number of esters is 1. The quantitative estimate of drug-likeness (QED) is 0.865. The van der Waals surface area contributed by atoms with E-state index in [1.807, 2.05) is 0 Å². The van der Waals surface area contributed by atoms with Gasteiger partial charge >= 0.3 is 5.97 Å². The predicted octanol–water partition coefficient (Wildman–Crippen LogP) is 2.84. The number of aliphatic imine (C=N–C) groups is 1. The van der Waals surface area contributed by atoms with Crippen molar-refractivity contribution in [2.45, 2.75) is 37.4 Å². The molecule has 5 nitrogen and oxygen atoms in total. The molecule has 1 N–H and O–H groups in total. The van der Waals surface area contributed by atoms with Crippen molar-refractivity contribution in [3.8, 4) is 0 Å². The molecule has 1 atom stereocenters. The summed E-state index contributed by atoms with van der Waals surface area (Å²) in [5.74, 6) is 0.206. The number of rotatable bonds is 4. The van der Waals surface area contributed by atoms with Gasteiger partial charge in [0.15, 0.2) is 17.1 Å². The summed E-state index contributed by atoms with van der Waals surface area (Å²) in [6.45, 7) is 1.71. The number of hydrogen-bond acceptors (Lipinski definition) is 5. The summed E-state index contributed by atoms with van der Waals surface area (Å²) >= 11 is 1.59. The Morgan fingerprint density at radius 1 is 1.45 bits per heavy atom. The van der Waals surface area contributed by atoms with E-state index in [0.717, 1.165) is 28.5 Å². The Labute approximate surface area is 121 Å². The number of allylic oxidation sites excluding steroid dienone is 3. The van der Waals surface area contributed by atoms with Gasteiger partial charge in [0.25, 0.3) is 0 Å². The Hall–Kier alpha value is -1.82. The predicted molar refractivity (Wildman–Crippen MR) is 77.5 cm³/mol.